The van der Waals surface area contributed by atoms with Gasteiger partial charge in [0, 0.05) is 19.0 Å². The minimum absolute atomic E-state index is 0.0141. The SMILES string of the molecule is CCCC(NC(=O)[C@@H]1[C@H]2CCC[C@H]2CN1C(=O)[C@@H](NC(=O)CC1CCCCC1)C(C)(C)C)C(=O)C(=O)NC1CC1. The van der Waals surface area contributed by atoms with Gasteiger partial charge in [-0.1, -0.05) is 59.8 Å². The zero-order valence-electron chi connectivity index (χ0n) is 24.9. The quantitative estimate of drug-likeness (QED) is 0.336. The minimum atomic E-state index is -0.915. The van der Waals surface area contributed by atoms with Crippen LogP contribution >= 0.6 is 0 Å². The topological polar surface area (TPSA) is 125 Å². The molecule has 4 amide bonds. The molecule has 3 N–H and O–H groups in total. The lowest BCUT2D eigenvalue weighted by molar-refractivity contribution is -0.146. The van der Waals surface area contributed by atoms with Gasteiger partial charge in [-0.15, -0.1) is 0 Å². The smallest absolute Gasteiger partial charge is 0.289 e. The molecule has 1 unspecified atom stereocenters. The van der Waals surface area contributed by atoms with Gasteiger partial charge in [-0.3, -0.25) is 24.0 Å². The average molecular weight is 559 g/mol. The second kappa shape index (κ2) is 13.0. The first-order chi connectivity index (χ1) is 19.0. The highest BCUT2D eigenvalue weighted by atomic mass is 16.2. The maximum absolute atomic E-state index is 14.1. The Labute approximate surface area is 239 Å². The van der Waals surface area contributed by atoms with E-state index in [1.165, 1.54) is 6.42 Å². The molecule has 4 aliphatic rings. The Kier molecular flexibility index (Phi) is 9.93. The number of carbonyl (C=O) groups is 5. The molecule has 9 nitrogen and oxygen atoms in total. The summed E-state index contributed by atoms with van der Waals surface area (Å²) in [5.41, 5.74) is -0.542. The van der Waals surface area contributed by atoms with Crippen molar-refractivity contribution in [2.45, 2.75) is 135 Å². The lowest BCUT2D eigenvalue weighted by atomic mass is 9.84. The fourth-order valence-corrected chi connectivity index (χ4v) is 7.01. The van der Waals surface area contributed by atoms with E-state index in [9.17, 15) is 24.0 Å². The zero-order valence-corrected chi connectivity index (χ0v) is 24.9. The van der Waals surface area contributed by atoms with Crippen LogP contribution in [0.25, 0.3) is 0 Å². The third-order valence-corrected chi connectivity index (χ3v) is 9.41. The number of likely N-dealkylation sites (tertiary alicyclic amines) is 1. The monoisotopic (exact) mass is 558 g/mol. The fourth-order valence-electron chi connectivity index (χ4n) is 7.01. The van der Waals surface area contributed by atoms with Crippen molar-refractivity contribution < 1.29 is 24.0 Å². The standard InChI is InChI=1S/C31H50N4O5/c1-5-10-23(26(37)29(39)32-21-15-16-21)33-28(38)25-22-14-9-13-20(22)18-35(25)30(40)27(31(2,3)4)34-24(36)17-19-11-7-6-8-12-19/h19-23,25,27H,5-18H2,1-4H3,(H,32,39)(H,33,38)(H,34,36)/t20-,22-,23?,25-,27+/m0/s1. The Bertz CT molecular complexity index is 965. The highest BCUT2D eigenvalue weighted by Gasteiger charge is 2.52. The largest absolute Gasteiger partial charge is 0.347 e. The van der Waals surface area contributed by atoms with Crippen molar-refractivity contribution in [1.29, 1.82) is 0 Å². The number of hydrogen-bond acceptors (Lipinski definition) is 5. The van der Waals surface area contributed by atoms with Crippen molar-refractivity contribution in [3.63, 3.8) is 0 Å². The summed E-state index contributed by atoms with van der Waals surface area (Å²) in [7, 11) is 0. The van der Waals surface area contributed by atoms with Gasteiger partial charge in [0.05, 0.1) is 6.04 Å². The van der Waals surface area contributed by atoms with Crippen LogP contribution in [0, 0.1) is 23.2 Å². The second-order valence-electron chi connectivity index (χ2n) is 13.8. The van der Waals surface area contributed by atoms with Gasteiger partial charge < -0.3 is 20.9 Å². The first-order valence-corrected chi connectivity index (χ1v) is 15.7. The van der Waals surface area contributed by atoms with E-state index in [0.717, 1.165) is 57.8 Å². The van der Waals surface area contributed by atoms with Crippen LogP contribution in [-0.4, -0.2) is 65.0 Å². The van der Waals surface area contributed by atoms with Crippen molar-refractivity contribution in [2.24, 2.45) is 23.2 Å². The lowest BCUT2D eigenvalue weighted by Gasteiger charge is -2.37. The molecule has 0 radical (unpaired) electrons. The summed E-state index contributed by atoms with van der Waals surface area (Å²) >= 11 is 0. The number of nitrogens with zero attached hydrogens (tertiary/aromatic N) is 1. The zero-order chi connectivity index (χ0) is 29.0. The van der Waals surface area contributed by atoms with E-state index < -0.39 is 35.2 Å². The fraction of sp³-hybridized carbons (Fsp3) is 0.839. The van der Waals surface area contributed by atoms with Gasteiger partial charge in [0.2, 0.25) is 23.5 Å². The van der Waals surface area contributed by atoms with E-state index in [1.807, 2.05) is 27.7 Å². The van der Waals surface area contributed by atoms with Crippen LogP contribution in [0.2, 0.25) is 0 Å². The molecule has 5 atom stereocenters. The Balaban J connectivity index is 1.48. The van der Waals surface area contributed by atoms with Crippen LogP contribution in [0.3, 0.4) is 0 Å². The molecule has 3 aliphatic carbocycles. The number of amides is 4. The Hall–Kier alpha value is -2.45. The summed E-state index contributed by atoms with van der Waals surface area (Å²) in [5.74, 6) is -1.37. The average Bonchev–Trinajstić information content (AvgIpc) is 3.46. The molecule has 40 heavy (non-hydrogen) atoms. The molecule has 0 spiro atoms. The lowest BCUT2D eigenvalue weighted by Crippen LogP contribution is -2.60. The van der Waals surface area contributed by atoms with Gasteiger partial charge >= 0.3 is 0 Å². The summed E-state index contributed by atoms with van der Waals surface area (Å²) in [6.45, 7) is 8.21. The molecule has 3 saturated carbocycles. The molecular weight excluding hydrogens is 508 g/mol. The van der Waals surface area contributed by atoms with Crippen LogP contribution in [-0.2, 0) is 24.0 Å². The molecule has 1 heterocycles. The number of rotatable bonds is 11. The number of carbonyl (C=O) groups excluding carboxylic acids is 5. The summed E-state index contributed by atoms with van der Waals surface area (Å²) in [5, 5.41) is 8.66. The van der Waals surface area contributed by atoms with Crippen LogP contribution in [0.5, 0.6) is 0 Å². The predicted molar refractivity (Wildman–Crippen MR) is 152 cm³/mol. The van der Waals surface area contributed by atoms with E-state index in [4.69, 9.17) is 0 Å². The molecule has 224 valence electrons. The molecule has 4 fully saturated rings. The number of hydrogen-bond donors (Lipinski definition) is 3. The minimum Gasteiger partial charge on any atom is -0.347 e. The molecule has 9 heteroatoms. The van der Waals surface area contributed by atoms with Gasteiger partial charge in [0.15, 0.2) is 0 Å². The number of ketones is 1. The molecule has 1 aliphatic heterocycles. The maximum Gasteiger partial charge on any atom is 0.289 e. The Morgan fingerprint density at radius 2 is 1.57 bits per heavy atom. The van der Waals surface area contributed by atoms with Gasteiger partial charge in [0.1, 0.15) is 12.1 Å². The molecule has 0 bridgehead atoms. The van der Waals surface area contributed by atoms with E-state index in [-0.39, 0.29) is 35.6 Å². The molecular formula is C31H50N4O5. The van der Waals surface area contributed by atoms with Gasteiger partial charge in [0.25, 0.3) is 5.91 Å². The van der Waals surface area contributed by atoms with E-state index in [2.05, 4.69) is 16.0 Å². The number of fused-ring (bicyclic) bond motifs is 1. The van der Waals surface area contributed by atoms with Gasteiger partial charge in [-0.05, 0) is 68.1 Å². The summed E-state index contributed by atoms with van der Waals surface area (Å²) in [4.78, 5) is 68.2. The van der Waals surface area contributed by atoms with E-state index >= 15 is 0 Å². The van der Waals surface area contributed by atoms with Gasteiger partial charge in [-0.25, -0.2) is 0 Å². The number of nitrogens with one attached hydrogen (secondary N) is 3. The normalized spacial score (nSPS) is 26.5. The van der Waals surface area contributed by atoms with Crippen molar-refractivity contribution in [1.82, 2.24) is 20.9 Å². The molecule has 4 rings (SSSR count). The predicted octanol–water partition coefficient (Wildman–Crippen LogP) is 3.25. The highest BCUT2D eigenvalue weighted by molar-refractivity contribution is 6.38. The first-order valence-electron chi connectivity index (χ1n) is 15.7. The maximum atomic E-state index is 14.1. The van der Waals surface area contributed by atoms with Gasteiger partial charge in [-0.2, -0.15) is 0 Å². The van der Waals surface area contributed by atoms with Crippen LogP contribution in [0.4, 0.5) is 0 Å². The number of Topliss-reactive ketones (excluding diaryl/α,β-unsaturated/α-hetero) is 1. The van der Waals surface area contributed by atoms with E-state index in [0.29, 0.717) is 31.7 Å². The molecule has 1 saturated heterocycles. The van der Waals surface area contributed by atoms with Crippen molar-refractivity contribution >= 4 is 29.4 Å². The Morgan fingerprint density at radius 3 is 2.20 bits per heavy atom. The van der Waals surface area contributed by atoms with E-state index in [1.54, 1.807) is 4.90 Å². The molecule has 0 aromatic rings. The van der Waals surface area contributed by atoms with Crippen molar-refractivity contribution in [2.75, 3.05) is 6.54 Å². The van der Waals surface area contributed by atoms with Crippen LogP contribution in [0.1, 0.15) is 111 Å². The Morgan fingerprint density at radius 1 is 0.875 bits per heavy atom. The second-order valence-corrected chi connectivity index (χ2v) is 13.8. The summed E-state index contributed by atoms with van der Waals surface area (Å²) in [6.07, 6.45) is 11.6. The summed E-state index contributed by atoms with van der Waals surface area (Å²) < 4.78 is 0. The van der Waals surface area contributed by atoms with Crippen molar-refractivity contribution in [3.05, 3.63) is 0 Å². The van der Waals surface area contributed by atoms with Crippen LogP contribution < -0.4 is 16.0 Å². The van der Waals surface area contributed by atoms with Crippen molar-refractivity contribution in [3.8, 4) is 0 Å². The summed E-state index contributed by atoms with van der Waals surface area (Å²) in [6, 6.07) is -2.32. The highest BCUT2D eigenvalue weighted by Crippen LogP contribution is 2.43. The van der Waals surface area contributed by atoms with Crippen LogP contribution in [0.15, 0.2) is 0 Å². The molecule has 0 aromatic heterocycles. The molecule has 0 aromatic carbocycles. The third kappa shape index (κ3) is 7.43. The third-order valence-electron chi connectivity index (χ3n) is 9.41. The first kappa shape index (κ1) is 30.5.